The normalized spacial score (nSPS) is 17.9. The van der Waals surface area contributed by atoms with Crippen molar-refractivity contribution < 1.29 is 9.84 Å². The summed E-state index contributed by atoms with van der Waals surface area (Å²) in [7, 11) is 0. The standard InChI is InChI=1S/C12H15NO2/c1-9-10(5-4-7-13-9)12(14)11-6-2-3-8-15-11/h4-7,12,14H,2-3,8H2,1H3. The van der Waals surface area contributed by atoms with Gasteiger partial charge >= 0.3 is 0 Å². The average Bonchev–Trinajstić information content (AvgIpc) is 2.30. The fourth-order valence-corrected chi connectivity index (χ4v) is 1.71. The van der Waals surface area contributed by atoms with Crippen molar-refractivity contribution in [2.75, 3.05) is 6.61 Å². The van der Waals surface area contributed by atoms with Crippen LogP contribution in [0.5, 0.6) is 0 Å². The molecule has 0 fully saturated rings. The third-order valence-corrected chi connectivity index (χ3v) is 2.57. The fourth-order valence-electron chi connectivity index (χ4n) is 1.71. The second-order valence-corrected chi connectivity index (χ2v) is 3.68. The SMILES string of the molecule is Cc1ncccc1C(O)C1=CCCCO1. The maximum Gasteiger partial charge on any atom is 0.137 e. The Kier molecular flexibility index (Phi) is 3.02. The molecule has 1 aliphatic rings. The molecule has 1 aromatic rings. The molecule has 0 aliphatic carbocycles. The number of hydrogen-bond acceptors (Lipinski definition) is 3. The monoisotopic (exact) mass is 205 g/mol. The van der Waals surface area contributed by atoms with Gasteiger partial charge in [-0.1, -0.05) is 6.07 Å². The first-order valence-electron chi connectivity index (χ1n) is 5.21. The van der Waals surface area contributed by atoms with Crippen molar-refractivity contribution in [3.63, 3.8) is 0 Å². The van der Waals surface area contributed by atoms with Crippen LogP contribution in [0.25, 0.3) is 0 Å². The number of aliphatic hydroxyl groups is 1. The molecular weight excluding hydrogens is 190 g/mol. The van der Waals surface area contributed by atoms with Gasteiger partial charge in [0.1, 0.15) is 11.9 Å². The van der Waals surface area contributed by atoms with Crippen molar-refractivity contribution in [3.8, 4) is 0 Å². The average molecular weight is 205 g/mol. The number of ether oxygens (including phenoxy) is 1. The van der Waals surface area contributed by atoms with Crippen molar-refractivity contribution in [2.24, 2.45) is 0 Å². The molecule has 1 aromatic heterocycles. The van der Waals surface area contributed by atoms with Gasteiger partial charge in [0.25, 0.3) is 0 Å². The van der Waals surface area contributed by atoms with E-state index in [0.29, 0.717) is 12.4 Å². The van der Waals surface area contributed by atoms with Crippen LogP contribution in [-0.4, -0.2) is 16.7 Å². The highest BCUT2D eigenvalue weighted by molar-refractivity contribution is 5.26. The number of aromatic nitrogens is 1. The summed E-state index contributed by atoms with van der Waals surface area (Å²) < 4.78 is 5.43. The smallest absolute Gasteiger partial charge is 0.137 e. The van der Waals surface area contributed by atoms with Gasteiger partial charge < -0.3 is 9.84 Å². The van der Waals surface area contributed by atoms with Gasteiger partial charge in [-0.15, -0.1) is 0 Å². The maximum absolute atomic E-state index is 10.1. The number of allylic oxidation sites excluding steroid dienone is 1. The molecule has 0 bridgehead atoms. The number of pyridine rings is 1. The molecule has 2 heterocycles. The van der Waals surface area contributed by atoms with E-state index in [1.807, 2.05) is 25.1 Å². The van der Waals surface area contributed by atoms with E-state index < -0.39 is 6.10 Å². The zero-order valence-electron chi connectivity index (χ0n) is 8.81. The zero-order valence-corrected chi connectivity index (χ0v) is 8.81. The minimum Gasteiger partial charge on any atom is -0.495 e. The van der Waals surface area contributed by atoms with E-state index in [1.54, 1.807) is 6.20 Å². The number of rotatable bonds is 2. The Morgan fingerprint density at radius 3 is 3.07 bits per heavy atom. The number of aliphatic hydroxyl groups excluding tert-OH is 1. The Morgan fingerprint density at radius 2 is 2.40 bits per heavy atom. The van der Waals surface area contributed by atoms with Gasteiger partial charge in [0.05, 0.1) is 6.61 Å². The molecule has 0 aromatic carbocycles. The van der Waals surface area contributed by atoms with Crippen LogP contribution < -0.4 is 0 Å². The van der Waals surface area contributed by atoms with Crippen molar-refractivity contribution in [1.29, 1.82) is 0 Å². The van der Waals surface area contributed by atoms with E-state index in [0.717, 1.165) is 24.1 Å². The third-order valence-electron chi connectivity index (χ3n) is 2.57. The van der Waals surface area contributed by atoms with Crippen molar-refractivity contribution >= 4 is 0 Å². The van der Waals surface area contributed by atoms with E-state index in [2.05, 4.69) is 4.98 Å². The summed E-state index contributed by atoms with van der Waals surface area (Å²) in [4.78, 5) is 4.15. The predicted octanol–water partition coefficient (Wildman–Crippen LogP) is 2.12. The van der Waals surface area contributed by atoms with E-state index >= 15 is 0 Å². The minimum atomic E-state index is -0.668. The Labute approximate surface area is 89.4 Å². The highest BCUT2D eigenvalue weighted by Gasteiger charge is 2.18. The fraction of sp³-hybridized carbons (Fsp3) is 0.417. The lowest BCUT2D eigenvalue weighted by atomic mass is 10.0. The summed E-state index contributed by atoms with van der Waals surface area (Å²) in [5.74, 6) is 0.664. The summed E-state index contributed by atoms with van der Waals surface area (Å²) in [6, 6.07) is 3.71. The second-order valence-electron chi connectivity index (χ2n) is 3.68. The predicted molar refractivity (Wildman–Crippen MR) is 57.2 cm³/mol. The lowest BCUT2D eigenvalue weighted by Crippen LogP contribution is -2.11. The summed E-state index contributed by atoms with van der Waals surface area (Å²) >= 11 is 0. The summed E-state index contributed by atoms with van der Waals surface area (Å²) in [6.45, 7) is 2.59. The molecule has 0 radical (unpaired) electrons. The topological polar surface area (TPSA) is 42.4 Å². The minimum absolute atomic E-state index is 0.664. The van der Waals surface area contributed by atoms with Gasteiger partial charge in [0.15, 0.2) is 0 Å². The third kappa shape index (κ3) is 2.18. The number of nitrogens with zero attached hydrogens (tertiary/aromatic N) is 1. The number of aryl methyl sites for hydroxylation is 1. The molecule has 1 aliphatic heterocycles. The van der Waals surface area contributed by atoms with Crippen LogP contribution in [0.2, 0.25) is 0 Å². The highest BCUT2D eigenvalue weighted by Crippen LogP contribution is 2.26. The van der Waals surface area contributed by atoms with Crippen molar-refractivity contribution in [2.45, 2.75) is 25.9 Å². The first-order chi connectivity index (χ1) is 7.29. The molecule has 0 amide bonds. The van der Waals surface area contributed by atoms with Gasteiger partial charge in [0.2, 0.25) is 0 Å². The van der Waals surface area contributed by atoms with E-state index in [4.69, 9.17) is 4.74 Å². The van der Waals surface area contributed by atoms with Crippen LogP contribution in [0, 0.1) is 6.92 Å². The molecule has 1 N–H and O–H groups in total. The molecule has 3 nitrogen and oxygen atoms in total. The molecule has 1 atom stereocenters. The molecular formula is C12H15NO2. The van der Waals surface area contributed by atoms with E-state index in [1.165, 1.54) is 0 Å². The zero-order chi connectivity index (χ0) is 10.7. The second kappa shape index (κ2) is 4.45. The Hall–Kier alpha value is -1.35. The lowest BCUT2D eigenvalue weighted by Gasteiger charge is -2.20. The number of hydrogen-bond donors (Lipinski definition) is 1. The molecule has 0 saturated carbocycles. The molecule has 80 valence electrons. The van der Waals surface area contributed by atoms with Gasteiger partial charge in [-0.2, -0.15) is 0 Å². The van der Waals surface area contributed by atoms with Crippen LogP contribution in [0.4, 0.5) is 0 Å². The Bertz CT molecular complexity index is 374. The molecule has 3 heteroatoms. The first kappa shape index (κ1) is 10.2. The first-order valence-corrected chi connectivity index (χ1v) is 5.21. The van der Waals surface area contributed by atoms with Crippen LogP contribution in [0.3, 0.4) is 0 Å². The van der Waals surface area contributed by atoms with Gasteiger partial charge in [-0.25, -0.2) is 0 Å². The van der Waals surface area contributed by atoms with Crippen LogP contribution in [-0.2, 0) is 4.74 Å². The van der Waals surface area contributed by atoms with Gasteiger partial charge in [-0.3, -0.25) is 4.98 Å². The molecule has 1 unspecified atom stereocenters. The lowest BCUT2D eigenvalue weighted by molar-refractivity contribution is 0.0912. The van der Waals surface area contributed by atoms with Crippen molar-refractivity contribution in [1.82, 2.24) is 4.98 Å². The van der Waals surface area contributed by atoms with Crippen molar-refractivity contribution in [3.05, 3.63) is 41.4 Å². The maximum atomic E-state index is 10.1. The summed E-state index contributed by atoms with van der Waals surface area (Å²) in [5.41, 5.74) is 1.67. The highest BCUT2D eigenvalue weighted by atomic mass is 16.5. The van der Waals surface area contributed by atoms with E-state index in [-0.39, 0.29) is 0 Å². The van der Waals surface area contributed by atoms with Crippen LogP contribution in [0.15, 0.2) is 30.2 Å². The largest absolute Gasteiger partial charge is 0.495 e. The van der Waals surface area contributed by atoms with Crippen LogP contribution in [0.1, 0.15) is 30.2 Å². The van der Waals surface area contributed by atoms with Gasteiger partial charge in [-0.05, 0) is 31.9 Å². The molecule has 2 rings (SSSR count). The van der Waals surface area contributed by atoms with Gasteiger partial charge in [0, 0.05) is 17.5 Å². The molecule has 0 spiro atoms. The summed E-state index contributed by atoms with van der Waals surface area (Å²) in [6.07, 6.45) is 5.02. The molecule has 0 saturated heterocycles. The Balaban J connectivity index is 2.23. The summed E-state index contributed by atoms with van der Waals surface area (Å²) in [5, 5.41) is 10.1. The van der Waals surface area contributed by atoms with Crippen LogP contribution >= 0.6 is 0 Å². The van der Waals surface area contributed by atoms with E-state index in [9.17, 15) is 5.11 Å². The Morgan fingerprint density at radius 1 is 1.53 bits per heavy atom. The quantitative estimate of drug-likeness (QED) is 0.804. The molecule has 15 heavy (non-hydrogen) atoms.